The van der Waals surface area contributed by atoms with Gasteiger partial charge in [-0.3, -0.25) is 19.4 Å². The quantitative estimate of drug-likeness (QED) is 0.772. The first-order valence-electron chi connectivity index (χ1n) is 8.95. The van der Waals surface area contributed by atoms with Crippen LogP contribution < -0.4 is 0 Å². The summed E-state index contributed by atoms with van der Waals surface area (Å²) in [4.78, 5) is 29.0. The molecule has 128 valence electrons. The molecule has 0 aromatic heterocycles. The summed E-state index contributed by atoms with van der Waals surface area (Å²) in [5.74, 6) is -0.242. The minimum atomic E-state index is -0.147. The summed E-state index contributed by atoms with van der Waals surface area (Å²) in [7, 11) is 0. The maximum atomic E-state index is 12.6. The first kappa shape index (κ1) is 15.8. The van der Waals surface area contributed by atoms with Crippen molar-refractivity contribution in [1.82, 2.24) is 9.80 Å². The molecule has 3 fully saturated rings. The zero-order valence-electron chi connectivity index (χ0n) is 13.9. The average Bonchev–Trinajstić information content (AvgIpc) is 3.28. The fourth-order valence-electron chi connectivity index (χ4n) is 4.23. The van der Waals surface area contributed by atoms with Crippen LogP contribution in [0.2, 0.25) is 0 Å². The summed E-state index contributed by atoms with van der Waals surface area (Å²) < 4.78 is 5.60. The minimum absolute atomic E-state index is 0.0264. The van der Waals surface area contributed by atoms with E-state index in [9.17, 15) is 9.59 Å². The second-order valence-electron chi connectivity index (χ2n) is 7.14. The molecule has 3 aliphatic heterocycles. The number of hydrogen-bond acceptors (Lipinski definition) is 4. The van der Waals surface area contributed by atoms with Crippen LogP contribution in [0.3, 0.4) is 0 Å². The summed E-state index contributed by atoms with van der Waals surface area (Å²) in [6, 6.07) is 10.2. The second-order valence-corrected chi connectivity index (χ2v) is 7.14. The van der Waals surface area contributed by atoms with E-state index in [1.807, 2.05) is 18.2 Å². The normalized spacial score (nSPS) is 30.3. The SMILES string of the molecule is O=C1C2CN(Cc3ccccc3)CC2C(=O)N1CCC1CCCO1. The lowest BCUT2D eigenvalue weighted by molar-refractivity contribution is -0.141. The Morgan fingerprint density at radius 2 is 1.75 bits per heavy atom. The molecule has 4 rings (SSSR count). The lowest BCUT2D eigenvalue weighted by Crippen LogP contribution is -2.37. The molecule has 3 aliphatic rings. The van der Waals surface area contributed by atoms with Crippen molar-refractivity contribution in [2.24, 2.45) is 11.8 Å². The predicted molar refractivity (Wildman–Crippen MR) is 89.0 cm³/mol. The summed E-state index contributed by atoms with van der Waals surface area (Å²) >= 11 is 0. The Bertz CT molecular complexity index is 588. The van der Waals surface area contributed by atoms with Crippen molar-refractivity contribution in [2.75, 3.05) is 26.2 Å². The number of carbonyl (C=O) groups excluding carboxylic acids is 2. The molecule has 0 saturated carbocycles. The van der Waals surface area contributed by atoms with Crippen molar-refractivity contribution in [3.8, 4) is 0 Å². The van der Waals surface area contributed by atoms with Crippen molar-refractivity contribution in [2.45, 2.75) is 31.9 Å². The molecular formula is C19H24N2O3. The van der Waals surface area contributed by atoms with Gasteiger partial charge in [0.2, 0.25) is 11.8 Å². The van der Waals surface area contributed by atoms with Gasteiger partial charge in [-0.05, 0) is 24.8 Å². The average molecular weight is 328 g/mol. The highest BCUT2D eigenvalue weighted by Gasteiger charge is 2.51. The Labute approximate surface area is 142 Å². The van der Waals surface area contributed by atoms with Crippen LogP contribution in [0, 0.1) is 11.8 Å². The summed E-state index contributed by atoms with van der Waals surface area (Å²) in [6.45, 7) is 3.53. The zero-order valence-corrected chi connectivity index (χ0v) is 13.9. The highest BCUT2D eigenvalue weighted by molar-refractivity contribution is 6.05. The summed E-state index contributed by atoms with van der Waals surface area (Å²) in [5, 5.41) is 0. The number of likely N-dealkylation sites (tertiary alicyclic amines) is 2. The van der Waals surface area contributed by atoms with Gasteiger partial charge in [0.1, 0.15) is 0 Å². The van der Waals surface area contributed by atoms with Crippen LogP contribution in [-0.4, -0.2) is 54.0 Å². The topological polar surface area (TPSA) is 49.9 Å². The van der Waals surface area contributed by atoms with Gasteiger partial charge in [-0.15, -0.1) is 0 Å². The maximum absolute atomic E-state index is 12.6. The number of amides is 2. The number of hydrogen-bond donors (Lipinski definition) is 0. The Morgan fingerprint density at radius 3 is 2.38 bits per heavy atom. The molecule has 5 nitrogen and oxygen atoms in total. The lowest BCUT2D eigenvalue weighted by Gasteiger charge is -2.21. The van der Waals surface area contributed by atoms with Gasteiger partial charge in [0, 0.05) is 32.8 Å². The molecule has 3 atom stereocenters. The van der Waals surface area contributed by atoms with Crippen molar-refractivity contribution in [3.05, 3.63) is 35.9 Å². The minimum Gasteiger partial charge on any atom is -0.378 e. The molecule has 3 unspecified atom stereocenters. The van der Waals surface area contributed by atoms with Crippen molar-refractivity contribution in [3.63, 3.8) is 0 Å². The molecule has 24 heavy (non-hydrogen) atoms. The number of ether oxygens (including phenoxy) is 1. The van der Waals surface area contributed by atoms with Crippen molar-refractivity contribution in [1.29, 1.82) is 0 Å². The molecule has 1 aromatic rings. The molecule has 0 spiro atoms. The van der Waals surface area contributed by atoms with Crippen LogP contribution >= 0.6 is 0 Å². The predicted octanol–water partition coefficient (Wildman–Crippen LogP) is 1.67. The zero-order chi connectivity index (χ0) is 16.5. The van der Waals surface area contributed by atoms with E-state index in [0.29, 0.717) is 19.6 Å². The van der Waals surface area contributed by atoms with Crippen LogP contribution in [0.25, 0.3) is 0 Å². The standard InChI is InChI=1S/C19H24N2O3/c22-18-16-12-20(11-14-5-2-1-3-6-14)13-17(16)19(23)21(18)9-8-15-7-4-10-24-15/h1-3,5-6,15-17H,4,7-13H2. The Morgan fingerprint density at radius 1 is 1.04 bits per heavy atom. The third-order valence-electron chi connectivity index (χ3n) is 5.51. The van der Waals surface area contributed by atoms with Gasteiger partial charge < -0.3 is 4.74 Å². The first-order valence-corrected chi connectivity index (χ1v) is 8.95. The molecule has 2 amide bonds. The maximum Gasteiger partial charge on any atom is 0.234 e. The molecule has 0 N–H and O–H groups in total. The monoisotopic (exact) mass is 328 g/mol. The van der Waals surface area contributed by atoms with Crippen molar-refractivity contribution < 1.29 is 14.3 Å². The number of imide groups is 1. The molecule has 5 heteroatoms. The molecule has 3 saturated heterocycles. The van der Waals surface area contributed by atoms with E-state index in [1.165, 1.54) is 10.5 Å². The Kier molecular flexibility index (Phi) is 4.37. The Hall–Kier alpha value is -1.72. The van der Waals surface area contributed by atoms with Gasteiger partial charge in [0.15, 0.2) is 0 Å². The highest BCUT2D eigenvalue weighted by Crippen LogP contribution is 2.34. The number of benzene rings is 1. The van der Waals surface area contributed by atoms with E-state index in [2.05, 4.69) is 17.0 Å². The molecule has 0 bridgehead atoms. The number of fused-ring (bicyclic) bond motifs is 1. The van der Waals surface area contributed by atoms with E-state index in [4.69, 9.17) is 4.74 Å². The molecule has 3 heterocycles. The first-order chi connectivity index (χ1) is 11.7. The molecular weight excluding hydrogens is 304 g/mol. The number of rotatable bonds is 5. The largest absolute Gasteiger partial charge is 0.378 e. The van der Waals surface area contributed by atoms with Crippen LogP contribution in [0.4, 0.5) is 0 Å². The van der Waals surface area contributed by atoms with Crippen LogP contribution in [-0.2, 0) is 20.9 Å². The van der Waals surface area contributed by atoms with Gasteiger partial charge >= 0.3 is 0 Å². The second kappa shape index (κ2) is 6.65. The third kappa shape index (κ3) is 2.98. The van der Waals surface area contributed by atoms with E-state index in [1.54, 1.807) is 0 Å². The lowest BCUT2D eigenvalue weighted by atomic mass is 10.00. The van der Waals surface area contributed by atoms with Crippen molar-refractivity contribution >= 4 is 11.8 Å². The fraction of sp³-hybridized carbons (Fsp3) is 0.579. The summed E-state index contributed by atoms with van der Waals surface area (Å²) in [6.07, 6.45) is 3.14. The van der Waals surface area contributed by atoms with Gasteiger partial charge in [-0.2, -0.15) is 0 Å². The van der Waals surface area contributed by atoms with E-state index in [0.717, 1.165) is 32.4 Å². The Balaban J connectivity index is 1.35. The van der Waals surface area contributed by atoms with E-state index in [-0.39, 0.29) is 29.8 Å². The molecule has 1 aromatic carbocycles. The number of carbonyl (C=O) groups is 2. The van der Waals surface area contributed by atoms with Gasteiger partial charge in [-0.25, -0.2) is 0 Å². The summed E-state index contributed by atoms with van der Waals surface area (Å²) in [5.41, 5.74) is 1.23. The van der Waals surface area contributed by atoms with Crippen LogP contribution in [0.15, 0.2) is 30.3 Å². The van der Waals surface area contributed by atoms with E-state index < -0.39 is 0 Å². The third-order valence-corrected chi connectivity index (χ3v) is 5.51. The molecule has 0 aliphatic carbocycles. The van der Waals surface area contributed by atoms with Gasteiger partial charge in [0.05, 0.1) is 17.9 Å². The highest BCUT2D eigenvalue weighted by atomic mass is 16.5. The van der Waals surface area contributed by atoms with Crippen LogP contribution in [0.1, 0.15) is 24.8 Å². The smallest absolute Gasteiger partial charge is 0.234 e. The van der Waals surface area contributed by atoms with E-state index >= 15 is 0 Å². The van der Waals surface area contributed by atoms with Gasteiger partial charge in [0.25, 0.3) is 0 Å². The van der Waals surface area contributed by atoms with Crippen LogP contribution in [0.5, 0.6) is 0 Å². The fourth-order valence-corrected chi connectivity index (χ4v) is 4.23. The number of nitrogens with zero attached hydrogens (tertiary/aromatic N) is 2. The molecule has 0 radical (unpaired) electrons. The van der Waals surface area contributed by atoms with Gasteiger partial charge in [-0.1, -0.05) is 30.3 Å².